The molecule has 0 heterocycles. The van der Waals surface area contributed by atoms with Crippen LogP contribution in [0.3, 0.4) is 0 Å². The van der Waals surface area contributed by atoms with E-state index in [2.05, 4.69) is 15.9 Å². The molecule has 0 fully saturated rings. The minimum Gasteiger partial charge on any atom is -0.478 e. The summed E-state index contributed by atoms with van der Waals surface area (Å²) in [6.07, 6.45) is 2.80. The maximum atomic E-state index is 10.1. The minimum absolute atomic E-state index is 0.0615. The first-order valence-electron chi connectivity index (χ1n) is 3.39. The van der Waals surface area contributed by atoms with Gasteiger partial charge in [-0.15, -0.1) is 0 Å². The first-order valence-corrected chi connectivity index (χ1v) is 4.31. The van der Waals surface area contributed by atoms with Gasteiger partial charge in [0, 0.05) is 10.9 Å². The van der Waals surface area contributed by atoms with Gasteiger partial charge >= 0.3 is 5.97 Å². The van der Waals surface area contributed by atoms with E-state index in [0.29, 0.717) is 0 Å². The highest BCUT2D eigenvalue weighted by atomic mass is 79.9. The molecule has 0 bridgehead atoms. The van der Waals surface area contributed by atoms with Crippen molar-refractivity contribution in [3.05, 3.63) is 12.2 Å². The SMILES string of the molecule is CC(C)(C)C(Br)C=CC(=O)O. The van der Waals surface area contributed by atoms with Gasteiger partial charge < -0.3 is 5.11 Å². The Morgan fingerprint density at radius 1 is 1.55 bits per heavy atom. The number of alkyl halides is 1. The van der Waals surface area contributed by atoms with Crippen LogP contribution in [0.2, 0.25) is 0 Å². The molecule has 1 atom stereocenters. The van der Waals surface area contributed by atoms with Gasteiger partial charge in [-0.25, -0.2) is 4.79 Å². The van der Waals surface area contributed by atoms with Crippen LogP contribution >= 0.6 is 15.9 Å². The van der Waals surface area contributed by atoms with E-state index in [-0.39, 0.29) is 10.2 Å². The molecule has 2 nitrogen and oxygen atoms in total. The van der Waals surface area contributed by atoms with Crippen LogP contribution in [0.15, 0.2) is 12.2 Å². The highest BCUT2D eigenvalue weighted by Gasteiger charge is 2.18. The molecule has 0 aromatic carbocycles. The minimum atomic E-state index is -0.904. The number of halogens is 1. The average Bonchev–Trinajstić information content (AvgIpc) is 1.80. The van der Waals surface area contributed by atoms with Crippen LogP contribution in [-0.2, 0) is 4.79 Å². The molecule has 0 saturated heterocycles. The van der Waals surface area contributed by atoms with Crippen molar-refractivity contribution in [3.8, 4) is 0 Å². The zero-order valence-electron chi connectivity index (χ0n) is 6.97. The number of hydrogen-bond acceptors (Lipinski definition) is 1. The maximum absolute atomic E-state index is 10.1. The monoisotopic (exact) mass is 220 g/mol. The third-order valence-corrected chi connectivity index (χ3v) is 2.91. The average molecular weight is 221 g/mol. The smallest absolute Gasteiger partial charge is 0.328 e. The second-order valence-electron chi connectivity index (χ2n) is 3.47. The Balaban J connectivity index is 4.07. The Morgan fingerprint density at radius 3 is 2.27 bits per heavy atom. The second-order valence-corrected chi connectivity index (χ2v) is 4.45. The topological polar surface area (TPSA) is 37.3 Å². The van der Waals surface area contributed by atoms with Crippen molar-refractivity contribution in [2.75, 3.05) is 0 Å². The molecule has 0 radical (unpaired) electrons. The highest BCUT2D eigenvalue weighted by molar-refractivity contribution is 9.09. The molecule has 1 N–H and O–H groups in total. The summed E-state index contributed by atoms with van der Waals surface area (Å²) in [5.74, 6) is -0.904. The number of allylic oxidation sites excluding steroid dienone is 1. The molecule has 0 spiro atoms. The Morgan fingerprint density at radius 2 is 2.00 bits per heavy atom. The number of carboxylic acids is 1. The van der Waals surface area contributed by atoms with Crippen LogP contribution in [0.5, 0.6) is 0 Å². The van der Waals surface area contributed by atoms with Gasteiger partial charge in [0.25, 0.3) is 0 Å². The third kappa shape index (κ3) is 5.01. The van der Waals surface area contributed by atoms with Crippen molar-refractivity contribution in [3.63, 3.8) is 0 Å². The number of carboxylic acid groups (broad SMARTS) is 1. The van der Waals surface area contributed by atoms with Crippen LogP contribution in [0.1, 0.15) is 20.8 Å². The lowest BCUT2D eigenvalue weighted by Crippen LogP contribution is -2.17. The van der Waals surface area contributed by atoms with Gasteiger partial charge in [0.05, 0.1) is 0 Å². The Labute approximate surface area is 75.4 Å². The molecule has 0 aromatic rings. The fraction of sp³-hybridized carbons (Fsp3) is 0.625. The van der Waals surface area contributed by atoms with Crippen molar-refractivity contribution in [2.24, 2.45) is 5.41 Å². The van der Waals surface area contributed by atoms with Gasteiger partial charge in [-0.3, -0.25) is 0 Å². The summed E-state index contributed by atoms with van der Waals surface area (Å²) >= 11 is 3.38. The quantitative estimate of drug-likeness (QED) is 0.574. The molecule has 0 aliphatic heterocycles. The summed E-state index contributed by atoms with van der Waals surface area (Å²) in [5.41, 5.74) is 0.0615. The zero-order valence-corrected chi connectivity index (χ0v) is 8.55. The molecular weight excluding hydrogens is 208 g/mol. The summed E-state index contributed by atoms with van der Waals surface area (Å²) < 4.78 is 0. The van der Waals surface area contributed by atoms with Gasteiger partial charge in [0.2, 0.25) is 0 Å². The standard InChI is InChI=1S/C8H13BrO2/c1-8(2,3)6(9)4-5-7(10)11/h4-6H,1-3H3,(H,10,11). The Kier molecular flexibility index (Phi) is 3.79. The maximum Gasteiger partial charge on any atom is 0.328 e. The van der Waals surface area contributed by atoms with Gasteiger partial charge in [0.1, 0.15) is 0 Å². The van der Waals surface area contributed by atoms with Crippen LogP contribution in [0.25, 0.3) is 0 Å². The van der Waals surface area contributed by atoms with E-state index < -0.39 is 5.97 Å². The van der Waals surface area contributed by atoms with E-state index in [1.165, 1.54) is 0 Å². The van der Waals surface area contributed by atoms with E-state index in [1.807, 2.05) is 20.8 Å². The van der Waals surface area contributed by atoms with Crippen molar-refractivity contribution in [1.29, 1.82) is 0 Å². The molecular formula is C8H13BrO2. The van der Waals surface area contributed by atoms with Crippen LogP contribution < -0.4 is 0 Å². The largest absolute Gasteiger partial charge is 0.478 e. The van der Waals surface area contributed by atoms with Crippen molar-refractivity contribution >= 4 is 21.9 Å². The lowest BCUT2D eigenvalue weighted by molar-refractivity contribution is -0.131. The molecule has 0 aromatic heterocycles. The molecule has 0 aliphatic rings. The van der Waals surface area contributed by atoms with Gasteiger partial charge in [-0.1, -0.05) is 42.8 Å². The molecule has 3 heteroatoms. The van der Waals surface area contributed by atoms with Crippen LogP contribution in [-0.4, -0.2) is 15.9 Å². The first-order chi connectivity index (χ1) is 4.84. The fourth-order valence-electron chi connectivity index (χ4n) is 0.455. The summed E-state index contributed by atoms with van der Waals surface area (Å²) in [6.45, 7) is 6.12. The summed E-state index contributed by atoms with van der Waals surface area (Å²) in [5, 5.41) is 8.32. The van der Waals surface area contributed by atoms with E-state index >= 15 is 0 Å². The second kappa shape index (κ2) is 3.90. The Bertz CT molecular complexity index is 167. The fourth-order valence-corrected chi connectivity index (χ4v) is 0.608. The molecule has 11 heavy (non-hydrogen) atoms. The number of aliphatic carboxylic acids is 1. The lowest BCUT2D eigenvalue weighted by atomic mass is 9.92. The van der Waals surface area contributed by atoms with Gasteiger partial charge in [-0.05, 0) is 5.41 Å². The predicted octanol–water partition coefficient (Wildman–Crippen LogP) is 2.44. The van der Waals surface area contributed by atoms with Crippen molar-refractivity contribution in [1.82, 2.24) is 0 Å². The van der Waals surface area contributed by atoms with Crippen molar-refractivity contribution < 1.29 is 9.90 Å². The Hall–Kier alpha value is -0.310. The normalized spacial score (nSPS) is 15.3. The molecule has 1 unspecified atom stereocenters. The molecule has 0 aliphatic carbocycles. The third-order valence-electron chi connectivity index (χ3n) is 1.24. The highest BCUT2D eigenvalue weighted by Crippen LogP contribution is 2.26. The molecule has 0 saturated carbocycles. The van der Waals surface area contributed by atoms with Gasteiger partial charge in [0.15, 0.2) is 0 Å². The van der Waals surface area contributed by atoms with E-state index in [9.17, 15) is 4.79 Å². The van der Waals surface area contributed by atoms with Crippen LogP contribution in [0.4, 0.5) is 0 Å². The zero-order chi connectivity index (χ0) is 9.07. The summed E-state index contributed by atoms with van der Waals surface area (Å²) in [6, 6.07) is 0. The number of rotatable bonds is 2. The lowest BCUT2D eigenvalue weighted by Gasteiger charge is -2.21. The predicted molar refractivity (Wildman–Crippen MR) is 48.9 cm³/mol. The number of carbonyl (C=O) groups is 1. The first kappa shape index (κ1) is 10.7. The van der Waals surface area contributed by atoms with Crippen molar-refractivity contribution in [2.45, 2.75) is 25.6 Å². The van der Waals surface area contributed by atoms with E-state index in [1.54, 1.807) is 6.08 Å². The van der Waals surface area contributed by atoms with Crippen LogP contribution in [0, 0.1) is 5.41 Å². The van der Waals surface area contributed by atoms with E-state index in [4.69, 9.17) is 5.11 Å². The summed E-state index contributed by atoms with van der Waals surface area (Å²) in [4.78, 5) is 10.2. The molecule has 0 amide bonds. The summed E-state index contributed by atoms with van der Waals surface area (Å²) in [7, 11) is 0. The van der Waals surface area contributed by atoms with E-state index in [0.717, 1.165) is 6.08 Å². The molecule has 0 rings (SSSR count). The molecule has 64 valence electrons. The number of hydrogen-bond donors (Lipinski definition) is 1. The van der Waals surface area contributed by atoms with Gasteiger partial charge in [-0.2, -0.15) is 0 Å².